The van der Waals surface area contributed by atoms with Crippen molar-refractivity contribution in [2.24, 2.45) is 0 Å². The minimum absolute atomic E-state index is 0.110. The van der Waals surface area contributed by atoms with Gasteiger partial charge in [0.15, 0.2) is 0 Å². The third kappa shape index (κ3) is 3.51. The SMILES string of the molecule is O=C(Cn1cccc1-c1nnc(C2CCC2)o1)NCc1ccccc1Cl. The maximum Gasteiger partial charge on any atom is 0.264 e. The lowest BCUT2D eigenvalue weighted by atomic mass is 9.85. The summed E-state index contributed by atoms with van der Waals surface area (Å²) in [4.78, 5) is 12.3. The molecule has 0 unspecified atom stereocenters. The summed E-state index contributed by atoms with van der Waals surface area (Å²) in [5, 5.41) is 11.8. The molecule has 134 valence electrons. The van der Waals surface area contributed by atoms with Gasteiger partial charge in [-0.15, -0.1) is 10.2 Å². The van der Waals surface area contributed by atoms with Gasteiger partial charge < -0.3 is 14.3 Å². The summed E-state index contributed by atoms with van der Waals surface area (Å²) in [5.41, 5.74) is 1.63. The highest BCUT2D eigenvalue weighted by Gasteiger charge is 2.26. The van der Waals surface area contributed by atoms with Gasteiger partial charge in [0.2, 0.25) is 11.8 Å². The fourth-order valence-corrected chi connectivity index (χ4v) is 3.15. The molecule has 3 aromatic rings. The molecule has 0 radical (unpaired) electrons. The Balaban J connectivity index is 1.41. The first-order valence-electron chi connectivity index (χ1n) is 8.70. The second-order valence-electron chi connectivity index (χ2n) is 6.46. The maximum atomic E-state index is 12.3. The predicted molar refractivity (Wildman–Crippen MR) is 97.6 cm³/mol. The monoisotopic (exact) mass is 370 g/mol. The molecule has 1 N–H and O–H groups in total. The molecule has 0 atom stereocenters. The van der Waals surface area contributed by atoms with E-state index in [2.05, 4.69) is 15.5 Å². The molecule has 0 aliphatic heterocycles. The Morgan fingerprint density at radius 1 is 1.23 bits per heavy atom. The van der Waals surface area contributed by atoms with E-state index in [0.29, 0.717) is 29.3 Å². The van der Waals surface area contributed by atoms with Crippen molar-refractivity contribution >= 4 is 17.5 Å². The smallest absolute Gasteiger partial charge is 0.264 e. The van der Waals surface area contributed by atoms with Crippen LogP contribution in [-0.2, 0) is 17.9 Å². The van der Waals surface area contributed by atoms with E-state index in [9.17, 15) is 4.79 Å². The molecule has 7 heteroatoms. The van der Waals surface area contributed by atoms with Gasteiger partial charge in [-0.1, -0.05) is 36.2 Å². The highest BCUT2D eigenvalue weighted by Crippen LogP contribution is 2.36. The minimum atomic E-state index is -0.110. The van der Waals surface area contributed by atoms with Gasteiger partial charge in [0.25, 0.3) is 5.89 Å². The van der Waals surface area contributed by atoms with E-state index < -0.39 is 0 Å². The first kappa shape index (κ1) is 16.8. The quantitative estimate of drug-likeness (QED) is 0.716. The summed E-state index contributed by atoms with van der Waals surface area (Å²) >= 11 is 6.12. The largest absolute Gasteiger partial charge is 0.419 e. The van der Waals surface area contributed by atoms with Crippen molar-refractivity contribution < 1.29 is 9.21 Å². The molecule has 1 aliphatic carbocycles. The molecule has 1 aliphatic rings. The van der Waals surface area contributed by atoms with Crippen molar-refractivity contribution in [2.75, 3.05) is 0 Å². The van der Waals surface area contributed by atoms with E-state index >= 15 is 0 Å². The van der Waals surface area contributed by atoms with Crippen LogP contribution >= 0.6 is 11.6 Å². The lowest BCUT2D eigenvalue weighted by Gasteiger charge is -2.20. The van der Waals surface area contributed by atoms with E-state index in [0.717, 1.165) is 24.1 Å². The summed E-state index contributed by atoms with van der Waals surface area (Å²) in [7, 11) is 0. The van der Waals surface area contributed by atoms with Crippen LogP contribution in [0.15, 0.2) is 47.0 Å². The summed E-state index contributed by atoms with van der Waals surface area (Å²) < 4.78 is 7.61. The number of carbonyl (C=O) groups excluding carboxylic acids is 1. The van der Waals surface area contributed by atoms with Crippen molar-refractivity contribution in [1.82, 2.24) is 20.1 Å². The zero-order valence-corrected chi connectivity index (χ0v) is 14.9. The second kappa shape index (κ2) is 7.33. The van der Waals surface area contributed by atoms with E-state index in [1.165, 1.54) is 6.42 Å². The van der Waals surface area contributed by atoms with Gasteiger partial charge in [0.05, 0.1) is 0 Å². The van der Waals surface area contributed by atoms with Crippen molar-refractivity contribution in [3.05, 3.63) is 59.1 Å². The number of amides is 1. The highest BCUT2D eigenvalue weighted by atomic mass is 35.5. The Labute approximate surface area is 156 Å². The molecule has 1 saturated carbocycles. The normalized spacial score (nSPS) is 14.2. The number of carbonyl (C=O) groups is 1. The average molecular weight is 371 g/mol. The molecule has 1 amide bonds. The van der Waals surface area contributed by atoms with Crippen LogP contribution in [0.5, 0.6) is 0 Å². The maximum absolute atomic E-state index is 12.3. The van der Waals surface area contributed by atoms with Crippen LogP contribution in [0.3, 0.4) is 0 Å². The van der Waals surface area contributed by atoms with Gasteiger partial charge in [-0.3, -0.25) is 4.79 Å². The molecule has 0 saturated heterocycles. The summed E-state index contributed by atoms with van der Waals surface area (Å²) in [6.07, 6.45) is 5.25. The summed E-state index contributed by atoms with van der Waals surface area (Å²) in [6.45, 7) is 0.565. The standard InChI is InChI=1S/C19H19ClN4O2/c20-15-8-2-1-5-14(15)11-21-17(25)12-24-10-4-9-16(24)19-23-22-18(26-19)13-6-3-7-13/h1-2,4-5,8-10,13H,3,6-7,11-12H2,(H,21,25). The fourth-order valence-electron chi connectivity index (χ4n) is 2.95. The fraction of sp³-hybridized carbons (Fsp3) is 0.316. The van der Waals surface area contributed by atoms with Gasteiger partial charge >= 0.3 is 0 Å². The Hall–Kier alpha value is -2.60. The Bertz CT molecular complexity index is 914. The highest BCUT2D eigenvalue weighted by molar-refractivity contribution is 6.31. The molecular formula is C19H19ClN4O2. The number of hydrogen-bond donors (Lipinski definition) is 1. The van der Waals surface area contributed by atoms with E-state index in [1.54, 1.807) is 4.57 Å². The molecule has 0 spiro atoms. The lowest BCUT2D eigenvalue weighted by molar-refractivity contribution is -0.121. The molecule has 1 fully saturated rings. The molecular weight excluding hydrogens is 352 g/mol. The van der Waals surface area contributed by atoms with Crippen LogP contribution in [-0.4, -0.2) is 20.7 Å². The molecule has 6 nitrogen and oxygen atoms in total. The molecule has 4 rings (SSSR count). The first-order chi connectivity index (χ1) is 12.7. The molecule has 2 heterocycles. The van der Waals surface area contributed by atoms with Crippen LogP contribution in [0.25, 0.3) is 11.6 Å². The third-order valence-corrected chi connectivity index (χ3v) is 5.06. The summed E-state index contributed by atoms with van der Waals surface area (Å²) in [6, 6.07) is 11.2. The minimum Gasteiger partial charge on any atom is -0.419 e. The molecule has 2 aromatic heterocycles. The van der Waals surface area contributed by atoms with Crippen LogP contribution in [0.1, 0.15) is 36.6 Å². The van der Waals surface area contributed by atoms with Crippen LogP contribution < -0.4 is 5.32 Å². The Kier molecular flexibility index (Phi) is 4.75. The van der Waals surface area contributed by atoms with Crippen LogP contribution in [0, 0.1) is 0 Å². The van der Waals surface area contributed by atoms with Crippen LogP contribution in [0.4, 0.5) is 0 Å². The number of nitrogens with zero attached hydrogens (tertiary/aromatic N) is 3. The zero-order chi connectivity index (χ0) is 17.9. The molecule has 1 aromatic carbocycles. The summed E-state index contributed by atoms with van der Waals surface area (Å²) in [5.74, 6) is 1.43. The predicted octanol–water partition coefficient (Wildman–Crippen LogP) is 3.78. The van der Waals surface area contributed by atoms with Crippen molar-refractivity contribution in [2.45, 2.75) is 38.3 Å². The number of rotatable bonds is 6. The van der Waals surface area contributed by atoms with Gasteiger partial charge in [-0.25, -0.2) is 0 Å². The number of halogens is 1. The van der Waals surface area contributed by atoms with E-state index in [1.807, 2.05) is 42.6 Å². The van der Waals surface area contributed by atoms with E-state index in [-0.39, 0.29) is 12.5 Å². The first-order valence-corrected chi connectivity index (χ1v) is 9.07. The van der Waals surface area contributed by atoms with Gasteiger partial charge in [-0.05, 0) is 36.6 Å². The number of nitrogens with one attached hydrogen (secondary N) is 1. The van der Waals surface area contributed by atoms with Crippen LogP contribution in [0.2, 0.25) is 5.02 Å². The zero-order valence-electron chi connectivity index (χ0n) is 14.2. The number of benzene rings is 1. The third-order valence-electron chi connectivity index (χ3n) is 4.69. The average Bonchev–Trinajstić information content (AvgIpc) is 3.22. The topological polar surface area (TPSA) is 73.0 Å². The van der Waals surface area contributed by atoms with Gasteiger partial charge in [0.1, 0.15) is 12.2 Å². The lowest BCUT2D eigenvalue weighted by Crippen LogP contribution is -2.27. The number of aromatic nitrogens is 3. The Morgan fingerprint density at radius 2 is 2.08 bits per heavy atom. The van der Waals surface area contributed by atoms with E-state index in [4.69, 9.17) is 16.0 Å². The van der Waals surface area contributed by atoms with Crippen molar-refractivity contribution in [1.29, 1.82) is 0 Å². The van der Waals surface area contributed by atoms with Crippen molar-refractivity contribution in [3.63, 3.8) is 0 Å². The van der Waals surface area contributed by atoms with Gasteiger partial charge in [0, 0.05) is 23.7 Å². The molecule has 0 bridgehead atoms. The molecule has 26 heavy (non-hydrogen) atoms. The van der Waals surface area contributed by atoms with Crippen molar-refractivity contribution in [3.8, 4) is 11.6 Å². The number of hydrogen-bond acceptors (Lipinski definition) is 4. The second-order valence-corrected chi connectivity index (χ2v) is 6.87. The van der Waals surface area contributed by atoms with Gasteiger partial charge in [-0.2, -0.15) is 0 Å². The Morgan fingerprint density at radius 3 is 2.85 bits per heavy atom.